The van der Waals surface area contributed by atoms with E-state index in [0.29, 0.717) is 5.02 Å². The lowest BCUT2D eigenvalue weighted by Crippen LogP contribution is -2.24. The molecule has 3 rings (SSSR count). The summed E-state index contributed by atoms with van der Waals surface area (Å²) in [6.07, 6.45) is 0.142. The Labute approximate surface area is 124 Å². The molecule has 1 aliphatic heterocycles. The third kappa shape index (κ3) is 2.41. The summed E-state index contributed by atoms with van der Waals surface area (Å²) in [6, 6.07) is 13.2. The summed E-state index contributed by atoms with van der Waals surface area (Å²) in [7, 11) is 0. The molecule has 0 aliphatic carbocycles. The summed E-state index contributed by atoms with van der Waals surface area (Å²) < 4.78 is 5.85. The first-order valence-electron chi connectivity index (χ1n) is 6.71. The maximum atomic E-state index is 10.5. The number of aliphatic hydroxyl groups is 1. The highest BCUT2D eigenvalue weighted by Gasteiger charge is 2.30. The van der Waals surface area contributed by atoms with Crippen LogP contribution in [0.5, 0.6) is 5.75 Å². The number of hydrogen-bond acceptors (Lipinski definition) is 2. The number of benzene rings is 2. The maximum Gasteiger partial charge on any atom is 0.123 e. The zero-order chi connectivity index (χ0) is 14.3. The minimum absolute atomic E-state index is 0.170. The molecular formula is C17H17ClO2. The molecule has 0 fully saturated rings. The van der Waals surface area contributed by atoms with Gasteiger partial charge in [0.05, 0.1) is 0 Å². The number of ether oxygens (including phenoxy) is 1. The molecule has 0 saturated carbocycles. The van der Waals surface area contributed by atoms with Crippen LogP contribution in [0.4, 0.5) is 0 Å². The first kappa shape index (κ1) is 13.5. The van der Waals surface area contributed by atoms with Gasteiger partial charge in [0.25, 0.3) is 0 Å². The van der Waals surface area contributed by atoms with Crippen molar-refractivity contribution in [1.82, 2.24) is 0 Å². The van der Waals surface area contributed by atoms with E-state index >= 15 is 0 Å². The predicted octanol–water partition coefficient (Wildman–Crippen LogP) is 4.14. The largest absolute Gasteiger partial charge is 0.487 e. The fourth-order valence-corrected chi connectivity index (χ4v) is 2.92. The molecule has 0 radical (unpaired) electrons. The van der Waals surface area contributed by atoms with Gasteiger partial charge in [-0.05, 0) is 43.2 Å². The lowest BCUT2D eigenvalue weighted by molar-refractivity contribution is 0.138. The summed E-state index contributed by atoms with van der Waals surface area (Å²) in [5.74, 6) is 0.908. The van der Waals surface area contributed by atoms with Crippen molar-refractivity contribution in [3.63, 3.8) is 0 Å². The van der Waals surface area contributed by atoms with Gasteiger partial charge in [-0.25, -0.2) is 0 Å². The molecule has 1 atom stereocenters. The number of hydrogen-bond donors (Lipinski definition) is 1. The van der Waals surface area contributed by atoms with Crippen LogP contribution in [-0.4, -0.2) is 10.7 Å². The highest BCUT2D eigenvalue weighted by molar-refractivity contribution is 6.31. The molecule has 0 amide bonds. The Morgan fingerprint density at radius 3 is 2.70 bits per heavy atom. The second-order valence-corrected chi connectivity index (χ2v) is 6.24. The molecule has 3 heteroatoms. The number of aliphatic hydroxyl groups excluding tert-OH is 1. The van der Waals surface area contributed by atoms with E-state index in [2.05, 4.69) is 13.8 Å². The van der Waals surface area contributed by atoms with E-state index < -0.39 is 6.10 Å². The van der Waals surface area contributed by atoms with Crippen LogP contribution < -0.4 is 4.74 Å². The SMILES string of the molecule is CC1(C)Cc2cc(C(O)c3ccccc3Cl)ccc2O1. The minimum atomic E-state index is -0.710. The molecule has 0 bridgehead atoms. The van der Waals surface area contributed by atoms with Gasteiger partial charge < -0.3 is 9.84 Å². The number of fused-ring (bicyclic) bond motifs is 1. The van der Waals surface area contributed by atoms with Gasteiger partial charge in [0.2, 0.25) is 0 Å². The van der Waals surface area contributed by atoms with Crippen LogP contribution in [0, 0.1) is 0 Å². The first-order chi connectivity index (χ1) is 9.46. The van der Waals surface area contributed by atoms with Crippen molar-refractivity contribution in [3.05, 3.63) is 64.2 Å². The summed E-state index contributed by atoms with van der Waals surface area (Å²) in [4.78, 5) is 0. The molecule has 1 heterocycles. The highest BCUT2D eigenvalue weighted by atomic mass is 35.5. The molecule has 0 aromatic heterocycles. The van der Waals surface area contributed by atoms with Gasteiger partial charge in [-0.15, -0.1) is 0 Å². The lowest BCUT2D eigenvalue weighted by Gasteiger charge is -2.16. The van der Waals surface area contributed by atoms with Crippen molar-refractivity contribution in [2.24, 2.45) is 0 Å². The quantitative estimate of drug-likeness (QED) is 0.900. The highest BCUT2D eigenvalue weighted by Crippen LogP contribution is 2.37. The Morgan fingerprint density at radius 1 is 1.20 bits per heavy atom. The topological polar surface area (TPSA) is 29.5 Å². The van der Waals surface area contributed by atoms with E-state index in [4.69, 9.17) is 16.3 Å². The second-order valence-electron chi connectivity index (χ2n) is 5.83. The Bertz CT molecular complexity index is 649. The standard InChI is InChI=1S/C17H17ClO2/c1-17(2)10-12-9-11(7-8-15(12)20-17)16(19)13-5-3-4-6-14(13)18/h3-9,16,19H,10H2,1-2H3. The lowest BCUT2D eigenvalue weighted by atomic mass is 9.96. The average Bonchev–Trinajstić information content (AvgIpc) is 2.71. The van der Waals surface area contributed by atoms with Crippen LogP contribution in [0.15, 0.2) is 42.5 Å². The molecular weight excluding hydrogens is 272 g/mol. The van der Waals surface area contributed by atoms with Crippen LogP contribution in [0.2, 0.25) is 5.02 Å². The summed E-state index contributed by atoms with van der Waals surface area (Å²) in [5, 5.41) is 11.1. The molecule has 1 unspecified atom stereocenters. The van der Waals surface area contributed by atoms with Gasteiger partial charge in [0.15, 0.2) is 0 Å². The molecule has 2 nitrogen and oxygen atoms in total. The Morgan fingerprint density at radius 2 is 1.95 bits per heavy atom. The van der Waals surface area contributed by atoms with E-state index in [1.165, 1.54) is 0 Å². The van der Waals surface area contributed by atoms with Crippen LogP contribution in [0.1, 0.15) is 36.6 Å². The van der Waals surface area contributed by atoms with E-state index in [-0.39, 0.29) is 5.60 Å². The van der Waals surface area contributed by atoms with Crippen LogP contribution in [-0.2, 0) is 6.42 Å². The minimum Gasteiger partial charge on any atom is -0.487 e. The molecule has 0 saturated heterocycles. The monoisotopic (exact) mass is 288 g/mol. The maximum absolute atomic E-state index is 10.5. The van der Waals surface area contributed by atoms with Crippen molar-refractivity contribution in [3.8, 4) is 5.75 Å². The Hall–Kier alpha value is -1.51. The van der Waals surface area contributed by atoms with Gasteiger partial charge in [0, 0.05) is 17.0 Å². The summed E-state index contributed by atoms with van der Waals surface area (Å²) >= 11 is 6.15. The van der Waals surface area contributed by atoms with Gasteiger partial charge in [-0.1, -0.05) is 35.9 Å². The van der Waals surface area contributed by atoms with E-state index in [9.17, 15) is 5.11 Å². The third-order valence-electron chi connectivity index (χ3n) is 3.60. The van der Waals surface area contributed by atoms with Crippen molar-refractivity contribution in [2.75, 3.05) is 0 Å². The molecule has 1 aliphatic rings. The van der Waals surface area contributed by atoms with Gasteiger partial charge >= 0.3 is 0 Å². The van der Waals surface area contributed by atoms with Crippen molar-refractivity contribution in [2.45, 2.75) is 32.0 Å². The summed E-state index contributed by atoms with van der Waals surface area (Å²) in [6.45, 7) is 4.13. The van der Waals surface area contributed by atoms with Crippen molar-refractivity contribution < 1.29 is 9.84 Å². The molecule has 2 aromatic rings. The van der Waals surface area contributed by atoms with Gasteiger partial charge in [-0.2, -0.15) is 0 Å². The van der Waals surface area contributed by atoms with E-state index in [1.54, 1.807) is 6.07 Å². The third-order valence-corrected chi connectivity index (χ3v) is 3.95. The van der Waals surface area contributed by atoms with Gasteiger partial charge in [0.1, 0.15) is 17.5 Å². The predicted molar refractivity (Wildman–Crippen MR) is 80.4 cm³/mol. The van der Waals surface area contributed by atoms with Crippen LogP contribution in [0.25, 0.3) is 0 Å². The zero-order valence-corrected chi connectivity index (χ0v) is 12.3. The molecule has 104 valence electrons. The van der Waals surface area contributed by atoms with Crippen LogP contribution >= 0.6 is 11.6 Å². The Balaban J connectivity index is 1.95. The van der Waals surface area contributed by atoms with Crippen LogP contribution in [0.3, 0.4) is 0 Å². The molecule has 0 spiro atoms. The second kappa shape index (κ2) is 4.80. The van der Waals surface area contributed by atoms with Crippen molar-refractivity contribution >= 4 is 11.6 Å². The van der Waals surface area contributed by atoms with Gasteiger partial charge in [-0.3, -0.25) is 0 Å². The first-order valence-corrected chi connectivity index (χ1v) is 7.08. The van der Waals surface area contributed by atoms with E-state index in [0.717, 1.165) is 28.9 Å². The molecule has 2 aromatic carbocycles. The molecule has 1 N–H and O–H groups in total. The summed E-state index contributed by atoms with van der Waals surface area (Å²) in [5.41, 5.74) is 2.54. The fourth-order valence-electron chi connectivity index (χ4n) is 2.68. The fraction of sp³-hybridized carbons (Fsp3) is 0.294. The normalized spacial score (nSPS) is 17.4. The number of rotatable bonds is 2. The van der Waals surface area contributed by atoms with E-state index in [1.807, 2.05) is 36.4 Å². The smallest absolute Gasteiger partial charge is 0.123 e. The van der Waals surface area contributed by atoms with Crippen molar-refractivity contribution in [1.29, 1.82) is 0 Å². The Kier molecular flexibility index (Phi) is 3.23. The zero-order valence-electron chi connectivity index (χ0n) is 11.6. The average molecular weight is 289 g/mol. The molecule has 20 heavy (non-hydrogen) atoms. The number of halogens is 1.